The molecule has 3 aromatic rings. The lowest BCUT2D eigenvalue weighted by atomic mass is 10.1. The van der Waals surface area contributed by atoms with Crippen molar-refractivity contribution in [3.63, 3.8) is 0 Å². The van der Waals surface area contributed by atoms with E-state index in [1.165, 1.54) is 23.7 Å². The summed E-state index contributed by atoms with van der Waals surface area (Å²) in [4.78, 5) is 26.0. The average molecular weight is 497 g/mol. The van der Waals surface area contributed by atoms with E-state index in [1.807, 2.05) is 38.1 Å². The van der Waals surface area contributed by atoms with Crippen molar-refractivity contribution < 1.29 is 17.9 Å². The van der Waals surface area contributed by atoms with Gasteiger partial charge >= 0.3 is 0 Å². The quantitative estimate of drug-likeness (QED) is 0.513. The molecule has 184 valence electrons. The summed E-state index contributed by atoms with van der Waals surface area (Å²) >= 11 is 0. The molecule has 0 bridgehead atoms. The average Bonchev–Trinajstić information content (AvgIpc) is 3.16. The topological polar surface area (TPSA) is 111 Å². The maximum atomic E-state index is 12.9. The van der Waals surface area contributed by atoms with Crippen LogP contribution in [-0.2, 0) is 27.8 Å². The lowest BCUT2D eigenvalue weighted by molar-refractivity contribution is -0.116. The van der Waals surface area contributed by atoms with Crippen molar-refractivity contribution in [2.24, 2.45) is 0 Å². The summed E-state index contributed by atoms with van der Waals surface area (Å²) < 4.78 is 35.0. The van der Waals surface area contributed by atoms with E-state index in [1.54, 1.807) is 23.1 Å². The Labute approximate surface area is 204 Å². The Morgan fingerprint density at radius 2 is 1.89 bits per heavy atom. The van der Waals surface area contributed by atoms with E-state index in [2.05, 4.69) is 9.82 Å². The summed E-state index contributed by atoms with van der Waals surface area (Å²) in [5, 5.41) is 4.38. The number of hydrogen-bond acceptors (Lipinski definition) is 6. The molecule has 1 aliphatic rings. The molecule has 1 unspecified atom stereocenters. The molecule has 9 nitrogen and oxygen atoms in total. The number of hydrogen-bond donors (Lipinski definition) is 1. The fraction of sp³-hybridized carbons (Fsp3) is 0.320. The van der Waals surface area contributed by atoms with Crippen molar-refractivity contribution in [2.75, 3.05) is 18.1 Å². The summed E-state index contributed by atoms with van der Waals surface area (Å²) in [5.41, 5.74) is 2.64. The molecule has 0 saturated carbocycles. The number of sulfonamides is 1. The highest BCUT2D eigenvalue weighted by Gasteiger charge is 2.30. The van der Waals surface area contributed by atoms with Crippen LogP contribution >= 0.6 is 0 Å². The Morgan fingerprint density at radius 1 is 1.14 bits per heavy atom. The van der Waals surface area contributed by atoms with E-state index >= 15 is 0 Å². The third-order valence-electron chi connectivity index (χ3n) is 5.86. The van der Waals surface area contributed by atoms with Gasteiger partial charge < -0.3 is 9.64 Å². The minimum Gasteiger partial charge on any atom is -0.494 e. The van der Waals surface area contributed by atoms with Gasteiger partial charge in [-0.2, -0.15) is 5.10 Å². The van der Waals surface area contributed by atoms with Gasteiger partial charge in [0.2, 0.25) is 15.9 Å². The van der Waals surface area contributed by atoms with Gasteiger partial charge in [0.15, 0.2) is 0 Å². The van der Waals surface area contributed by atoms with Gasteiger partial charge in [0, 0.05) is 36.8 Å². The smallest absolute Gasteiger partial charge is 0.266 e. The molecule has 10 heteroatoms. The first-order chi connectivity index (χ1) is 16.7. The van der Waals surface area contributed by atoms with Gasteiger partial charge in [-0.05, 0) is 74.4 Å². The third-order valence-corrected chi connectivity index (χ3v) is 7.32. The maximum Gasteiger partial charge on any atom is 0.266 e. The van der Waals surface area contributed by atoms with Crippen molar-refractivity contribution >= 4 is 21.6 Å². The summed E-state index contributed by atoms with van der Waals surface area (Å²) in [6, 6.07) is 15.2. The van der Waals surface area contributed by atoms with Crippen molar-refractivity contribution in [3.8, 4) is 17.0 Å². The van der Waals surface area contributed by atoms with Crippen LogP contribution in [0.2, 0.25) is 0 Å². The van der Waals surface area contributed by atoms with Crippen LogP contribution in [0.15, 0.2) is 64.3 Å². The molecule has 1 aliphatic heterocycles. The molecule has 0 fully saturated rings. The van der Waals surface area contributed by atoms with Crippen LogP contribution in [0.1, 0.15) is 26.3 Å². The van der Waals surface area contributed by atoms with E-state index in [4.69, 9.17) is 4.74 Å². The Kier molecular flexibility index (Phi) is 7.04. The second-order valence-electron chi connectivity index (χ2n) is 8.37. The van der Waals surface area contributed by atoms with Crippen molar-refractivity contribution in [1.29, 1.82) is 0 Å². The van der Waals surface area contributed by atoms with Gasteiger partial charge in [-0.15, -0.1) is 0 Å². The number of ether oxygens (including phenoxy) is 1. The van der Waals surface area contributed by atoms with Crippen LogP contribution < -0.4 is 19.9 Å². The molecular weight excluding hydrogens is 468 g/mol. The molecule has 0 radical (unpaired) electrons. The number of nitrogens with zero attached hydrogens (tertiary/aromatic N) is 3. The van der Waals surface area contributed by atoms with E-state index in [-0.39, 0.29) is 35.5 Å². The van der Waals surface area contributed by atoms with Crippen LogP contribution in [0.5, 0.6) is 5.75 Å². The van der Waals surface area contributed by atoms with E-state index < -0.39 is 10.0 Å². The standard InChI is InChI=1S/C25H28N4O5S/c1-4-34-21-7-5-19(6-8-21)23-10-12-25(31)28(27-23)14-13-26-35(32,33)22-9-11-24-20(16-22)15-17(2)29(24)18(3)30/h5-12,16-17,26H,4,13-15H2,1-3H3. The molecule has 35 heavy (non-hydrogen) atoms. The van der Waals surface area contributed by atoms with Gasteiger partial charge in [-0.25, -0.2) is 17.8 Å². The van der Waals surface area contributed by atoms with E-state index in [0.29, 0.717) is 18.7 Å². The number of aromatic nitrogens is 2. The minimum atomic E-state index is -3.80. The lowest BCUT2D eigenvalue weighted by Gasteiger charge is -2.20. The monoisotopic (exact) mass is 496 g/mol. The number of amides is 1. The third kappa shape index (κ3) is 5.28. The van der Waals surface area contributed by atoms with Gasteiger partial charge in [-0.1, -0.05) is 0 Å². The summed E-state index contributed by atoms with van der Waals surface area (Å²) in [6.45, 7) is 5.98. The number of carbonyl (C=O) groups excluding carboxylic acids is 1. The molecule has 2 aromatic carbocycles. The highest BCUT2D eigenvalue weighted by Crippen LogP contribution is 2.33. The van der Waals surface area contributed by atoms with Crippen LogP contribution in [-0.4, -0.2) is 43.3 Å². The van der Waals surface area contributed by atoms with Crippen LogP contribution in [0.3, 0.4) is 0 Å². The molecule has 1 N–H and O–H groups in total. The Balaban J connectivity index is 1.45. The number of fused-ring (bicyclic) bond motifs is 1. The zero-order valence-electron chi connectivity index (χ0n) is 19.9. The molecule has 0 saturated heterocycles. The fourth-order valence-corrected chi connectivity index (χ4v) is 5.35. The molecule has 1 aromatic heterocycles. The van der Waals surface area contributed by atoms with Gasteiger partial charge in [0.1, 0.15) is 5.75 Å². The fourth-order valence-electron chi connectivity index (χ4n) is 4.28. The summed E-state index contributed by atoms with van der Waals surface area (Å²) in [7, 11) is -3.80. The molecule has 0 spiro atoms. The van der Waals surface area contributed by atoms with Crippen LogP contribution in [0, 0.1) is 0 Å². The molecular formula is C25H28N4O5S. The van der Waals surface area contributed by atoms with Crippen LogP contribution in [0.25, 0.3) is 11.3 Å². The number of nitrogens with one attached hydrogen (secondary N) is 1. The summed E-state index contributed by atoms with van der Waals surface area (Å²) in [6.07, 6.45) is 0.593. The molecule has 0 aliphatic carbocycles. The SMILES string of the molecule is CCOc1ccc(-c2ccc(=O)n(CCNS(=O)(=O)c3ccc4c(c3)CC(C)N4C(C)=O)n2)cc1. The Bertz CT molecular complexity index is 1400. The Morgan fingerprint density at radius 3 is 2.57 bits per heavy atom. The highest BCUT2D eigenvalue weighted by molar-refractivity contribution is 7.89. The molecule has 2 heterocycles. The molecule has 4 rings (SSSR count). The first-order valence-corrected chi connectivity index (χ1v) is 12.9. The van der Waals surface area contributed by atoms with Crippen molar-refractivity contribution in [3.05, 3.63) is 70.5 Å². The first kappa shape index (κ1) is 24.6. The maximum absolute atomic E-state index is 12.9. The largest absolute Gasteiger partial charge is 0.494 e. The number of anilines is 1. The van der Waals surface area contributed by atoms with Crippen LogP contribution in [0.4, 0.5) is 5.69 Å². The molecule has 1 atom stereocenters. The lowest BCUT2D eigenvalue weighted by Crippen LogP contribution is -2.33. The zero-order valence-corrected chi connectivity index (χ0v) is 20.7. The Hall–Kier alpha value is -3.50. The highest BCUT2D eigenvalue weighted by atomic mass is 32.2. The number of benzene rings is 2. The number of carbonyl (C=O) groups is 1. The predicted octanol–water partition coefficient (Wildman–Crippen LogP) is 2.59. The molecule has 1 amide bonds. The van der Waals surface area contributed by atoms with Gasteiger partial charge in [0.25, 0.3) is 5.56 Å². The van der Waals surface area contributed by atoms with Gasteiger partial charge in [0.05, 0.1) is 23.7 Å². The summed E-state index contributed by atoms with van der Waals surface area (Å²) in [5.74, 6) is 0.671. The minimum absolute atomic E-state index is 0.00493. The van der Waals surface area contributed by atoms with E-state index in [0.717, 1.165) is 22.6 Å². The predicted molar refractivity (Wildman–Crippen MR) is 133 cm³/mol. The first-order valence-electron chi connectivity index (χ1n) is 11.4. The van der Waals surface area contributed by atoms with E-state index in [9.17, 15) is 18.0 Å². The van der Waals surface area contributed by atoms with Crippen molar-refractivity contribution in [1.82, 2.24) is 14.5 Å². The number of rotatable bonds is 8. The second-order valence-corrected chi connectivity index (χ2v) is 10.1. The van der Waals surface area contributed by atoms with Crippen molar-refractivity contribution in [2.45, 2.75) is 44.7 Å². The normalized spacial score (nSPS) is 15.2. The van der Waals surface area contributed by atoms with Gasteiger partial charge in [-0.3, -0.25) is 9.59 Å². The second kappa shape index (κ2) is 10.0. The zero-order chi connectivity index (χ0) is 25.2.